The summed E-state index contributed by atoms with van der Waals surface area (Å²) in [7, 11) is 0. The molecular weight excluding hydrogens is 272 g/mol. The number of carboxylic acid groups (broad SMARTS) is 1. The third-order valence-electron chi connectivity index (χ3n) is 8.51. The van der Waals surface area contributed by atoms with Crippen molar-refractivity contribution in [3.8, 4) is 0 Å². The lowest BCUT2D eigenvalue weighted by Gasteiger charge is -2.56. The Bertz CT molecular complexity index is 459. The Morgan fingerprint density at radius 1 is 0.955 bits per heavy atom. The van der Waals surface area contributed by atoms with Gasteiger partial charge in [0, 0.05) is 0 Å². The molecule has 8 atom stereocenters. The smallest absolute Gasteiger partial charge is 0.307 e. The van der Waals surface area contributed by atoms with Gasteiger partial charge in [-0.2, -0.15) is 0 Å². The molecule has 0 aromatic carbocycles. The normalized spacial score (nSPS) is 54.2. The molecule has 1 N–H and O–H groups in total. The molecule has 0 aromatic heterocycles. The van der Waals surface area contributed by atoms with E-state index in [1.165, 1.54) is 51.4 Å². The Balaban J connectivity index is 1.56. The maximum Gasteiger partial charge on any atom is 0.307 e. The van der Waals surface area contributed by atoms with E-state index in [2.05, 4.69) is 13.8 Å². The van der Waals surface area contributed by atoms with Gasteiger partial charge in [-0.1, -0.05) is 20.3 Å². The van der Waals surface area contributed by atoms with E-state index in [4.69, 9.17) is 0 Å². The van der Waals surface area contributed by atoms with Gasteiger partial charge in [-0.15, -0.1) is 0 Å². The molecule has 4 aliphatic rings. The highest BCUT2D eigenvalue weighted by atomic mass is 16.4. The van der Waals surface area contributed by atoms with Gasteiger partial charge in [-0.25, -0.2) is 0 Å². The summed E-state index contributed by atoms with van der Waals surface area (Å²) in [6, 6.07) is 0. The molecule has 0 spiro atoms. The molecule has 0 aromatic rings. The lowest BCUT2D eigenvalue weighted by atomic mass is 9.49. The third-order valence-corrected chi connectivity index (χ3v) is 8.51. The number of aliphatic carboxylic acids is 1. The zero-order valence-corrected chi connectivity index (χ0v) is 14.3. The number of hydrogen-bond acceptors (Lipinski definition) is 1. The predicted molar refractivity (Wildman–Crippen MR) is 87.4 cm³/mol. The number of carboxylic acids is 1. The molecule has 4 rings (SSSR count). The van der Waals surface area contributed by atoms with E-state index in [0.717, 1.165) is 36.0 Å². The van der Waals surface area contributed by atoms with Crippen molar-refractivity contribution in [3.05, 3.63) is 0 Å². The quantitative estimate of drug-likeness (QED) is 0.742. The highest BCUT2D eigenvalue weighted by molar-refractivity contribution is 5.71. The van der Waals surface area contributed by atoms with E-state index >= 15 is 0 Å². The highest BCUT2D eigenvalue weighted by Crippen LogP contribution is 2.64. The number of hydrogen-bond donors (Lipinski definition) is 1. The number of carbonyl (C=O) groups is 1. The molecule has 0 aliphatic heterocycles. The van der Waals surface area contributed by atoms with Crippen molar-refractivity contribution in [2.24, 2.45) is 46.8 Å². The second-order valence-electron chi connectivity index (χ2n) is 9.37. The summed E-state index contributed by atoms with van der Waals surface area (Å²) in [5.74, 6) is 4.79. The van der Waals surface area contributed by atoms with Gasteiger partial charge in [0.15, 0.2) is 0 Å². The van der Waals surface area contributed by atoms with E-state index in [1.54, 1.807) is 0 Å². The highest BCUT2D eigenvalue weighted by Gasteiger charge is 2.58. The number of fused-ring (bicyclic) bond motifs is 5. The summed E-state index contributed by atoms with van der Waals surface area (Å²) in [6.45, 7) is 4.75. The molecule has 0 radical (unpaired) electrons. The Hall–Kier alpha value is -0.530. The Morgan fingerprint density at radius 2 is 1.73 bits per heavy atom. The molecule has 0 bridgehead atoms. The first-order valence-corrected chi connectivity index (χ1v) is 9.73. The average Bonchev–Trinajstić information content (AvgIpc) is 2.84. The monoisotopic (exact) mass is 304 g/mol. The zero-order chi connectivity index (χ0) is 15.5. The topological polar surface area (TPSA) is 37.3 Å². The van der Waals surface area contributed by atoms with Gasteiger partial charge in [0.25, 0.3) is 0 Å². The molecule has 4 aliphatic carbocycles. The van der Waals surface area contributed by atoms with Crippen LogP contribution in [0.4, 0.5) is 0 Å². The second-order valence-corrected chi connectivity index (χ2v) is 9.37. The third kappa shape index (κ3) is 2.08. The van der Waals surface area contributed by atoms with Crippen LogP contribution in [0, 0.1) is 46.8 Å². The molecule has 4 fully saturated rings. The maximum atomic E-state index is 11.7. The fourth-order valence-corrected chi connectivity index (χ4v) is 7.49. The SMILES string of the molecule is CC1CC[C@@H]2C3CC[C@]4(C)C(C(=O)O)CCC4C3CC[C@@H]2C1. The van der Waals surface area contributed by atoms with Crippen molar-refractivity contribution in [1.29, 1.82) is 0 Å². The average molecular weight is 304 g/mol. The Morgan fingerprint density at radius 3 is 2.50 bits per heavy atom. The Labute approximate surface area is 135 Å². The number of rotatable bonds is 1. The van der Waals surface area contributed by atoms with Crippen molar-refractivity contribution < 1.29 is 9.90 Å². The molecular formula is C20H32O2. The van der Waals surface area contributed by atoms with Crippen LogP contribution in [0.3, 0.4) is 0 Å². The van der Waals surface area contributed by atoms with Crippen LogP contribution in [-0.4, -0.2) is 11.1 Å². The first kappa shape index (κ1) is 15.0. The van der Waals surface area contributed by atoms with Gasteiger partial charge < -0.3 is 5.11 Å². The van der Waals surface area contributed by atoms with Gasteiger partial charge in [0.1, 0.15) is 0 Å². The lowest BCUT2D eigenvalue weighted by molar-refractivity contribution is -0.149. The van der Waals surface area contributed by atoms with Crippen LogP contribution in [0.5, 0.6) is 0 Å². The predicted octanol–water partition coefficient (Wildman–Crippen LogP) is 4.98. The molecule has 5 unspecified atom stereocenters. The van der Waals surface area contributed by atoms with Crippen LogP contribution in [0.15, 0.2) is 0 Å². The minimum absolute atomic E-state index is 0.0671. The fourth-order valence-electron chi connectivity index (χ4n) is 7.49. The van der Waals surface area contributed by atoms with Crippen LogP contribution in [0.2, 0.25) is 0 Å². The van der Waals surface area contributed by atoms with Crippen molar-refractivity contribution in [3.63, 3.8) is 0 Å². The standard InChI is InChI=1S/C20H32O2/c1-12-3-5-14-13(11-12)4-6-16-15(14)9-10-20(2)17(16)7-8-18(20)19(21)22/h12-18H,3-11H2,1-2H3,(H,21,22)/t12?,13-,14+,15?,16?,17?,18?,20+/m1/s1. The summed E-state index contributed by atoms with van der Waals surface area (Å²) < 4.78 is 0. The van der Waals surface area contributed by atoms with E-state index in [1.807, 2.05) is 0 Å². The summed E-state index contributed by atoms with van der Waals surface area (Å²) >= 11 is 0. The van der Waals surface area contributed by atoms with Crippen LogP contribution in [-0.2, 0) is 4.79 Å². The van der Waals surface area contributed by atoms with Gasteiger partial charge in [-0.05, 0) is 92.3 Å². The van der Waals surface area contributed by atoms with Gasteiger partial charge >= 0.3 is 5.97 Å². The van der Waals surface area contributed by atoms with Crippen molar-refractivity contribution >= 4 is 5.97 Å². The summed E-state index contributed by atoms with van der Waals surface area (Å²) in [4.78, 5) is 11.7. The summed E-state index contributed by atoms with van der Waals surface area (Å²) in [5.41, 5.74) is 0.0990. The van der Waals surface area contributed by atoms with Gasteiger partial charge in [-0.3, -0.25) is 4.79 Å². The summed E-state index contributed by atoms with van der Waals surface area (Å²) in [5, 5.41) is 9.63. The first-order chi connectivity index (χ1) is 10.5. The molecule has 4 saturated carbocycles. The van der Waals surface area contributed by atoms with E-state index in [-0.39, 0.29) is 11.3 Å². The molecule has 2 heteroatoms. The van der Waals surface area contributed by atoms with Crippen molar-refractivity contribution in [2.75, 3.05) is 0 Å². The Kier molecular flexibility index (Phi) is 3.58. The fraction of sp³-hybridized carbons (Fsp3) is 0.950. The van der Waals surface area contributed by atoms with Crippen LogP contribution >= 0.6 is 0 Å². The maximum absolute atomic E-state index is 11.7. The van der Waals surface area contributed by atoms with Gasteiger partial charge in [0.05, 0.1) is 5.92 Å². The van der Waals surface area contributed by atoms with Crippen molar-refractivity contribution in [2.45, 2.75) is 71.6 Å². The lowest BCUT2D eigenvalue weighted by Crippen LogP contribution is -2.49. The van der Waals surface area contributed by atoms with E-state index in [0.29, 0.717) is 5.92 Å². The minimum atomic E-state index is -0.524. The minimum Gasteiger partial charge on any atom is -0.481 e. The molecule has 124 valence electrons. The molecule has 0 amide bonds. The van der Waals surface area contributed by atoms with Crippen LogP contribution < -0.4 is 0 Å². The largest absolute Gasteiger partial charge is 0.481 e. The molecule has 0 saturated heterocycles. The van der Waals surface area contributed by atoms with Crippen LogP contribution in [0.25, 0.3) is 0 Å². The molecule has 2 nitrogen and oxygen atoms in total. The summed E-state index contributed by atoms with van der Waals surface area (Å²) in [6.07, 6.45) is 11.8. The van der Waals surface area contributed by atoms with E-state index < -0.39 is 5.97 Å². The first-order valence-electron chi connectivity index (χ1n) is 9.73. The molecule has 0 heterocycles. The van der Waals surface area contributed by atoms with Crippen molar-refractivity contribution in [1.82, 2.24) is 0 Å². The zero-order valence-electron chi connectivity index (χ0n) is 14.3. The molecule has 22 heavy (non-hydrogen) atoms. The second kappa shape index (κ2) is 5.24. The van der Waals surface area contributed by atoms with E-state index in [9.17, 15) is 9.90 Å². The van der Waals surface area contributed by atoms with Gasteiger partial charge in [0.2, 0.25) is 0 Å². The van der Waals surface area contributed by atoms with Crippen LogP contribution in [0.1, 0.15) is 71.6 Å².